The van der Waals surface area contributed by atoms with Crippen LogP contribution in [-0.4, -0.2) is 24.1 Å². The lowest BCUT2D eigenvalue weighted by Crippen LogP contribution is -2.36. The SMILES string of the molecule is CC(C)(C)OC(=O)N1CC(CCl)c2c1cc(N)c1ccccc21. The maximum atomic E-state index is 12.6. The molecule has 3 rings (SSSR count). The summed E-state index contributed by atoms with van der Waals surface area (Å²) in [4.78, 5) is 14.2. The number of hydrogen-bond donors (Lipinski definition) is 1. The number of amides is 1. The minimum absolute atomic E-state index is 0.0738. The highest BCUT2D eigenvalue weighted by atomic mass is 35.5. The van der Waals surface area contributed by atoms with Gasteiger partial charge >= 0.3 is 6.09 Å². The van der Waals surface area contributed by atoms with Gasteiger partial charge in [-0.3, -0.25) is 4.90 Å². The molecule has 0 saturated heterocycles. The lowest BCUT2D eigenvalue weighted by molar-refractivity contribution is 0.0582. The van der Waals surface area contributed by atoms with Crippen LogP contribution in [0.1, 0.15) is 32.3 Å². The molecule has 2 aromatic rings. The molecule has 1 atom stereocenters. The molecule has 1 heterocycles. The third-order valence-electron chi connectivity index (χ3n) is 4.00. The maximum absolute atomic E-state index is 12.6. The molecule has 1 amide bonds. The van der Waals surface area contributed by atoms with E-state index in [9.17, 15) is 4.79 Å². The molecular weight excluding hydrogens is 312 g/mol. The van der Waals surface area contributed by atoms with Gasteiger partial charge in [0.25, 0.3) is 0 Å². The van der Waals surface area contributed by atoms with Crippen LogP contribution >= 0.6 is 11.6 Å². The van der Waals surface area contributed by atoms with Crippen molar-refractivity contribution in [2.45, 2.75) is 32.3 Å². The number of fused-ring (bicyclic) bond motifs is 3. The van der Waals surface area contributed by atoms with Gasteiger partial charge in [0, 0.05) is 29.4 Å². The molecule has 1 aliphatic rings. The van der Waals surface area contributed by atoms with Gasteiger partial charge in [0.05, 0.1) is 5.69 Å². The summed E-state index contributed by atoms with van der Waals surface area (Å²) in [6, 6.07) is 9.81. The Balaban J connectivity index is 2.13. The number of benzene rings is 2. The van der Waals surface area contributed by atoms with E-state index in [1.807, 2.05) is 51.1 Å². The van der Waals surface area contributed by atoms with Crippen molar-refractivity contribution < 1.29 is 9.53 Å². The molecule has 122 valence electrons. The lowest BCUT2D eigenvalue weighted by Gasteiger charge is -2.25. The Morgan fingerprint density at radius 1 is 1.35 bits per heavy atom. The summed E-state index contributed by atoms with van der Waals surface area (Å²) < 4.78 is 5.53. The minimum Gasteiger partial charge on any atom is -0.443 e. The first-order valence-corrected chi connectivity index (χ1v) is 8.23. The summed E-state index contributed by atoms with van der Waals surface area (Å²) in [6.07, 6.45) is -0.360. The molecule has 4 nitrogen and oxygen atoms in total. The van der Waals surface area contributed by atoms with Gasteiger partial charge < -0.3 is 10.5 Å². The fourth-order valence-electron chi connectivity index (χ4n) is 3.09. The molecule has 0 saturated carbocycles. The highest BCUT2D eigenvalue weighted by Crippen LogP contribution is 2.44. The van der Waals surface area contributed by atoms with Gasteiger partial charge in [-0.25, -0.2) is 4.79 Å². The summed E-state index contributed by atoms with van der Waals surface area (Å²) in [6.45, 7) is 6.09. The van der Waals surface area contributed by atoms with Crippen molar-refractivity contribution in [3.63, 3.8) is 0 Å². The van der Waals surface area contributed by atoms with Crippen LogP contribution in [0.15, 0.2) is 30.3 Å². The zero-order valence-corrected chi connectivity index (χ0v) is 14.4. The van der Waals surface area contributed by atoms with Crippen LogP contribution in [0.2, 0.25) is 0 Å². The van der Waals surface area contributed by atoms with Crippen molar-refractivity contribution in [3.8, 4) is 0 Å². The van der Waals surface area contributed by atoms with Crippen molar-refractivity contribution in [1.29, 1.82) is 0 Å². The van der Waals surface area contributed by atoms with Crippen molar-refractivity contribution >= 4 is 39.8 Å². The predicted octanol–water partition coefficient (Wildman–Crippen LogP) is 4.50. The Hall–Kier alpha value is -1.94. The summed E-state index contributed by atoms with van der Waals surface area (Å²) >= 11 is 6.17. The van der Waals surface area contributed by atoms with E-state index in [1.54, 1.807) is 4.90 Å². The van der Waals surface area contributed by atoms with Crippen LogP contribution in [0.25, 0.3) is 10.8 Å². The number of carbonyl (C=O) groups excluding carboxylic acids is 1. The summed E-state index contributed by atoms with van der Waals surface area (Å²) in [7, 11) is 0. The summed E-state index contributed by atoms with van der Waals surface area (Å²) in [5.74, 6) is 0.518. The number of rotatable bonds is 1. The summed E-state index contributed by atoms with van der Waals surface area (Å²) in [5, 5.41) is 2.05. The monoisotopic (exact) mass is 332 g/mol. The minimum atomic E-state index is -0.543. The average Bonchev–Trinajstić information content (AvgIpc) is 2.84. The van der Waals surface area contributed by atoms with Crippen molar-refractivity contribution in [1.82, 2.24) is 0 Å². The molecule has 0 aromatic heterocycles. The maximum Gasteiger partial charge on any atom is 0.414 e. The molecule has 1 aliphatic heterocycles. The van der Waals surface area contributed by atoms with Gasteiger partial charge in [0.15, 0.2) is 0 Å². The van der Waals surface area contributed by atoms with Gasteiger partial charge in [-0.05, 0) is 37.8 Å². The van der Waals surface area contributed by atoms with E-state index >= 15 is 0 Å². The molecule has 0 fully saturated rings. The number of anilines is 2. The third-order valence-corrected chi connectivity index (χ3v) is 4.37. The number of nitrogens with zero attached hydrogens (tertiary/aromatic N) is 1. The first-order valence-electron chi connectivity index (χ1n) is 7.69. The Bertz CT molecular complexity index is 767. The first kappa shape index (κ1) is 15.9. The largest absolute Gasteiger partial charge is 0.443 e. The van der Waals surface area contributed by atoms with Crippen LogP contribution in [0, 0.1) is 0 Å². The highest BCUT2D eigenvalue weighted by Gasteiger charge is 2.36. The standard InChI is InChI=1S/C18H21ClN2O2/c1-18(2,3)23-17(22)21-10-11(9-19)16-13-7-5-4-6-12(13)14(20)8-15(16)21/h4-8,11H,9-10,20H2,1-3H3. The van der Waals surface area contributed by atoms with Crippen LogP contribution < -0.4 is 10.6 Å². The second-order valence-electron chi connectivity index (χ2n) is 6.89. The van der Waals surface area contributed by atoms with Gasteiger partial charge in [0.1, 0.15) is 5.60 Å². The number of ether oxygens (including phenoxy) is 1. The fourth-order valence-corrected chi connectivity index (χ4v) is 3.34. The Morgan fingerprint density at radius 2 is 2.00 bits per heavy atom. The van der Waals surface area contributed by atoms with Crippen molar-refractivity contribution in [2.24, 2.45) is 0 Å². The number of halogens is 1. The third kappa shape index (κ3) is 2.83. The second kappa shape index (κ2) is 5.60. The van der Waals surface area contributed by atoms with Crippen LogP contribution in [-0.2, 0) is 4.74 Å². The molecule has 0 bridgehead atoms. The van der Waals surface area contributed by atoms with Gasteiger partial charge in [-0.15, -0.1) is 11.6 Å². The highest BCUT2D eigenvalue weighted by molar-refractivity contribution is 6.19. The number of nitrogen functional groups attached to an aromatic ring is 1. The fraction of sp³-hybridized carbons (Fsp3) is 0.389. The van der Waals surface area contributed by atoms with E-state index < -0.39 is 5.60 Å². The van der Waals surface area contributed by atoms with E-state index in [1.165, 1.54) is 0 Å². The molecule has 1 unspecified atom stereocenters. The lowest BCUT2D eigenvalue weighted by atomic mass is 9.95. The smallest absolute Gasteiger partial charge is 0.414 e. The molecule has 2 aromatic carbocycles. The van der Waals surface area contributed by atoms with Gasteiger partial charge in [0.2, 0.25) is 0 Å². The zero-order valence-electron chi connectivity index (χ0n) is 13.6. The molecule has 0 aliphatic carbocycles. The topological polar surface area (TPSA) is 55.6 Å². The Morgan fingerprint density at radius 3 is 2.61 bits per heavy atom. The second-order valence-corrected chi connectivity index (χ2v) is 7.19. The van der Waals surface area contributed by atoms with E-state index in [0.29, 0.717) is 18.1 Å². The van der Waals surface area contributed by atoms with Crippen molar-refractivity contribution in [3.05, 3.63) is 35.9 Å². The first-order chi connectivity index (χ1) is 10.8. The Labute approximate surface area is 141 Å². The molecular formula is C18H21ClN2O2. The number of nitrogens with two attached hydrogens (primary N) is 1. The number of hydrogen-bond acceptors (Lipinski definition) is 3. The van der Waals surface area contributed by atoms with E-state index in [2.05, 4.69) is 0 Å². The number of alkyl halides is 1. The number of carbonyl (C=O) groups is 1. The summed E-state index contributed by atoms with van der Waals surface area (Å²) in [5.41, 5.74) is 8.19. The molecule has 23 heavy (non-hydrogen) atoms. The normalized spacial score (nSPS) is 17.4. The predicted molar refractivity (Wildman–Crippen MR) is 95.4 cm³/mol. The quantitative estimate of drug-likeness (QED) is 0.618. The zero-order chi connectivity index (χ0) is 16.8. The van der Waals surface area contributed by atoms with Crippen LogP contribution in [0.5, 0.6) is 0 Å². The van der Waals surface area contributed by atoms with E-state index in [0.717, 1.165) is 22.0 Å². The molecule has 0 radical (unpaired) electrons. The van der Waals surface area contributed by atoms with Crippen LogP contribution in [0.3, 0.4) is 0 Å². The average molecular weight is 333 g/mol. The Kier molecular flexibility index (Phi) is 3.88. The van der Waals surface area contributed by atoms with E-state index in [4.69, 9.17) is 22.1 Å². The van der Waals surface area contributed by atoms with Gasteiger partial charge in [-0.1, -0.05) is 24.3 Å². The van der Waals surface area contributed by atoms with Crippen LogP contribution in [0.4, 0.5) is 16.2 Å². The molecule has 5 heteroatoms. The van der Waals surface area contributed by atoms with E-state index in [-0.39, 0.29) is 12.0 Å². The van der Waals surface area contributed by atoms with Gasteiger partial charge in [-0.2, -0.15) is 0 Å². The van der Waals surface area contributed by atoms with Crippen molar-refractivity contribution in [2.75, 3.05) is 23.1 Å². The molecule has 0 spiro atoms. The molecule has 2 N–H and O–H groups in total.